The molecule has 0 bridgehead atoms. The van der Waals surface area contributed by atoms with Gasteiger partial charge in [0.15, 0.2) is 0 Å². The van der Waals surface area contributed by atoms with Crippen molar-refractivity contribution in [3.63, 3.8) is 0 Å². The minimum absolute atomic E-state index is 0.0395. The molecule has 0 saturated heterocycles. The lowest BCUT2D eigenvalue weighted by Gasteiger charge is -2.21. The van der Waals surface area contributed by atoms with E-state index in [1.54, 1.807) is 6.07 Å². The second-order valence-corrected chi connectivity index (χ2v) is 5.64. The topological polar surface area (TPSA) is 52.3 Å². The minimum Gasteiger partial charge on any atom is -0.490 e. The largest absolute Gasteiger partial charge is 0.490 e. The number of hydrogen-bond donors (Lipinski definition) is 1. The molecule has 0 atom stereocenters. The van der Waals surface area contributed by atoms with E-state index in [9.17, 15) is 4.79 Å². The first-order valence-corrected chi connectivity index (χ1v) is 5.99. The van der Waals surface area contributed by atoms with E-state index < -0.39 is 5.91 Å². The zero-order chi connectivity index (χ0) is 12.6. The van der Waals surface area contributed by atoms with Gasteiger partial charge in [-0.25, -0.2) is 0 Å². The lowest BCUT2D eigenvalue weighted by Crippen LogP contribution is -2.16. The molecular formula is C14H19NO2. The van der Waals surface area contributed by atoms with Crippen molar-refractivity contribution in [3.05, 3.63) is 29.3 Å². The van der Waals surface area contributed by atoms with E-state index >= 15 is 0 Å². The van der Waals surface area contributed by atoms with Crippen molar-refractivity contribution in [2.45, 2.75) is 45.1 Å². The van der Waals surface area contributed by atoms with Gasteiger partial charge in [-0.2, -0.15) is 0 Å². The van der Waals surface area contributed by atoms with E-state index in [1.165, 1.54) is 0 Å². The summed E-state index contributed by atoms with van der Waals surface area (Å²) in [4.78, 5) is 11.3. The van der Waals surface area contributed by atoms with Crippen LogP contribution in [0.3, 0.4) is 0 Å². The molecule has 1 aliphatic rings. The summed E-state index contributed by atoms with van der Waals surface area (Å²) < 4.78 is 5.75. The Labute approximate surface area is 102 Å². The molecule has 92 valence electrons. The van der Waals surface area contributed by atoms with Crippen molar-refractivity contribution in [3.8, 4) is 5.75 Å². The number of benzene rings is 1. The average Bonchev–Trinajstić information content (AvgIpc) is 2.99. The fourth-order valence-corrected chi connectivity index (χ4v) is 1.66. The van der Waals surface area contributed by atoms with Gasteiger partial charge in [0.2, 0.25) is 0 Å². The van der Waals surface area contributed by atoms with Crippen LogP contribution in [0.5, 0.6) is 5.75 Å². The van der Waals surface area contributed by atoms with Crippen LogP contribution in [-0.2, 0) is 5.41 Å². The Morgan fingerprint density at radius 2 is 2.00 bits per heavy atom. The first-order chi connectivity index (χ1) is 7.88. The molecule has 1 amide bonds. The van der Waals surface area contributed by atoms with Gasteiger partial charge in [-0.05, 0) is 36.0 Å². The fourth-order valence-electron chi connectivity index (χ4n) is 1.66. The van der Waals surface area contributed by atoms with Gasteiger partial charge in [-0.3, -0.25) is 4.79 Å². The van der Waals surface area contributed by atoms with E-state index in [0.717, 1.165) is 18.4 Å². The number of carbonyl (C=O) groups excluding carboxylic acids is 1. The van der Waals surface area contributed by atoms with Crippen molar-refractivity contribution in [2.75, 3.05) is 0 Å². The number of nitrogens with two attached hydrogens (primary N) is 1. The monoisotopic (exact) mass is 233 g/mol. The highest BCUT2D eigenvalue weighted by atomic mass is 16.5. The third-order valence-corrected chi connectivity index (χ3v) is 2.93. The Bertz CT molecular complexity index is 442. The molecule has 2 N–H and O–H groups in total. The number of primary amides is 1. The first-order valence-electron chi connectivity index (χ1n) is 5.99. The Morgan fingerprint density at radius 3 is 2.47 bits per heavy atom. The highest BCUT2D eigenvalue weighted by Gasteiger charge is 2.26. The molecule has 1 saturated carbocycles. The lowest BCUT2D eigenvalue weighted by molar-refractivity contribution is 0.0996. The third kappa shape index (κ3) is 2.78. The van der Waals surface area contributed by atoms with Gasteiger partial charge in [0.25, 0.3) is 5.91 Å². The summed E-state index contributed by atoms with van der Waals surface area (Å²) in [7, 11) is 0. The Hall–Kier alpha value is -1.51. The van der Waals surface area contributed by atoms with E-state index in [0.29, 0.717) is 11.3 Å². The van der Waals surface area contributed by atoms with Gasteiger partial charge in [0.1, 0.15) is 5.75 Å². The quantitative estimate of drug-likeness (QED) is 0.872. The molecule has 2 rings (SSSR count). The van der Waals surface area contributed by atoms with Crippen LogP contribution in [-0.4, -0.2) is 12.0 Å². The first kappa shape index (κ1) is 12.0. The maximum Gasteiger partial charge on any atom is 0.252 e. The summed E-state index contributed by atoms with van der Waals surface area (Å²) in [5, 5.41) is 0. The molecule has 1 aromatic rings. The smallest absolute Gasteiger partial charge is 0.252 e. The molecule has 3 heteroatoms. The lowest BCUT2D eigenvalue weighted by atomic mass is 9.86. The SMILES string of the molecule is CC(C)(C)c1ccc(C(N)=O)c(OC2CC2)c1. The van der Waals surface area contributed by atoms with Gasteiger partial charge < -0.3 is 10.5 Å². The molecule has 17 heavy (non-hydrogen) atoms. The summed E-state index contributed by atoms with van der Waals surface area (Å²) in [5.74, 6) is 0.202. The standard InChI is InChI=1S/C14H19NO2/c1-14(2,3)9-4-7-11(13(15)16)12(8-9)17-10-5-6-10/h4,7-8,10H,5-6H2,1-3H3,(H2,15,16). The van der Waals surface area contributed by atoms with Gasteiger partial charge in [0.05, 0.1) is 11.7 Å². The molecule has 1 aromatic carbocycles. The van der Waals surface area contributed by atoms with E-state index in [4.69, 9.17) is 10.5 Å². The zero-order valence-electron chi connectivity index (χ0n) is 10.6. The van der Waals surface area contributed by atoms with Crippen LogP contribution in [0.4, 0.5) is 0 Å². The fraction of sp³-hybridized carbons (Fsp3) is 0.500. The molecule has 0 aromatic heterocycles. The van der Waals surface area contributed by atoms with E-state index in [-0.39, 0.29) is 11.5 Å². The summed E-state index contributed by atoms with van der Waals surface area (Å²) in [6.07, 6.45) is 2.40. The predicted molar refractivity (Wildman–Crippen MR) is 67.3 cm³/mol. The number of amides is 1. The Kier molecular flexibility index (Phi) is 2.86. The second-order valence-electron chi connectivity index (χ2n) is 5.64. The van der Waals surface area contributed by atoms with Crippen LogP contribution >= 0.6 is 0 Å². The highest BCUT2D eigenvalue weighted by Crippen LogP contribution is 2.33. The molecular weight excluding hydrogens is 214 g/mol. The van der Waals surface area contributed by atoms with Crippen LogP contribution in [0.2, 0.25) is 0 Å². The van der Waals surface area contributed by atoms with Crippen LogP contribution in [0, 0.1) is 0 Å². The summed E-state index contributed by atoms with van der Waals surface area (Å²) in [6.45, 7) is 6.40. The second kappa shape index (κ2) is 4.06. The molecule has 1 fully saturated rings. The van der Waals surface area contributed by atoms with Crippen LogP contribution in [0.25, 0.3) is 0 Å². The maximum atomic E-state index is 11.3. The molecule has 0 heterocycles. The normalized spacial score (nSPS) is 15.7. The van der Waals surface area contributed by atoms with Crippen molar-refractivity contribution in [1.29, 1.82) is 0 Å². The third-order valence-electron chi connectivity index (χ3n) is 2.93. The highest BCUT2D eigenvalue weighted by molar-refractivity contribution is 5.95. The molecule has 0 unspecified atom stereocenters. The Morgan fingerprint density at radius 1 is 1.35 bits per heavy atom. The van der Waals surface area contributed by atoms with Crippen molar-refractivity contribution < 1.29 is 9.53 Å². The summed E-state index contributed by atoms with van der Waals surface area (Å²) >= 11 is 0. The van der Waals surface area contributed by atoms with Crippen molar-refractivity contribution in [2.24, 2.45) is 5.73 Å². The van der Waals surface area contributed by atoms with Gasteiger partial charge in [-0.1, -0.05) is 26.8 Å². The van der Waals surface area contributed by atoms with Gasteiger partial charge in [-0.15, -0.1) is 0 Å². The van der Waals surface area contributed by atoms with Crippen LogP contribution < -0.4 is 10.5 Å². The Balaban J connectivity index is 2.38. The summed E-state index contributed by atoms with van der Waals surface area (Å²) in [5.41, 5.74) is 7.02. The number of carbonyl (C=O) groups is 1. The number of ether oxygens (including phenoxy) is 1. The predicted octanol–water partition coefficient (Wildman–Crippen LogP) is 2.62. The number of hydrogen-bond acceptors (Lipinski definition) is 2. The van der Waals surface area contributed by atoms with Gasteiger partial charge in [0, 0.05) is 0 Å². The molecule has 0 spiro atoms. The van der Waals surface area contributed by atoms with Crippen molar-refractivity contribution in [1.82, 2.24) is 0 Å². The molecule has 3 nitrogen and oxygen atoms in total. The average molecular weight is 233 g/mol. The van der Waals surface area contributed by atoms with Crippen molar-refractivity contribution >= 4 is 5.91 Å². The zero-order valence-corrected chi connectivity index (χ0v) is 10.6. The van der Waals surface area contributed by atoms with Gasteiger partial charge >= 0.3 is 0 Å². The van der Waals surface area contributed by atoms with Crippen LogP contribution in [0.15, 0.2) is 18.2 Å². The molecule has 1 aliphatic carbocycles. The van der Waals surface area contributed by atoms with Crippen LogP contribution in [0.1, 0.15) is 49.5 Å². The maximum absolute atomic E-state index is 11.3. The van der Waals surface area contributed by atoms with E-state index in [1.807, 2.05) is 12.1 Å². The molecule has 0 radical (unpaired) electrons. The number of rotatable bonds is 3. The minimum atomic E-state index is -0.430. The molecule has 0 aliphatic heterocycles. The van der Waals surface area contributed by atoms with E-state index in [2.05, 4.69) is 20.8 Å². The summed E-state index contributed by atoms with van der Waals surface area (Å²) in [6, 6.07) is 5.65.